The van der Waals surface area contributed by atoms with Gasteiger partial charge in [0.25, 0.3) is 0 Å². The van der Waals surface area contributed by atoms with Crippen LogP contribution in [0.5, 0.6) is 0 Å². The van der Waals surface area contributed by atoms with E-state index in [-0.39, 0.29) is 0 Å². The number of nitrogens with zero attached hydrogens (tertiary/aromatic N) is 1. The number of hydrogen-bond acceptors (Lipinski definition) is 2. The Balaban J connectivity index is 3.14. The fourth-order valence-electron chi connectivity index (χ4n) is 1.38. The molecule has 0 aliphatic heterocycles. The number of pyridine rings is 1. The first-order chi connectivity index (χ1) is 5.66. The number of nitrogens with one attached hydrogen (secondary N) is 1. The lowest BCUT2D eigenvalue weighted by Crippen LogP contribution is -1.99. The van der Waals surface area contributed by atoms with E-state index in [0.29, 0.717) is 5.92 Å². The van der Waals surface area contributed by atoms with Gasteiger partial charge in [-0.05, 0) is 24.0 Å². The molecule has 0 amide bonds. The van der Waals surface area contributed by atoms with E-state index in [2.05, 4.69) is 31.1 Å². The van der Waals surface area contributed by atoms with Crippen molar-refractivity contribution in [3.63, 3.8) is 0 Å². The van der Waals surface area contributed by atoms with Gasteiger partial charge in [0.15, 0.2) is 0 Å². The average molecular weight is 164 g/mol. The van der Waals surface area contributed by atoms with E-state index in [9.17, 15) is 0 Å². The van der Waals surface area contributed by atoms with E-state index in [1.54, 1.807) is 0 Å². The van der Waals surface area contributed by atoms with Crippen LogP contribution in [-0.4, -0.2) is 12.0 Å². The van der Waals surface area contributed by atoms with E-state index < -0.39 is 0 Å². The number of hydrogen-bond donors (Lipinski definition) is 1. The van der Waals surface area contributed by atoms with Crippen molar-refractivity contribution in [1.82, 2.24) is 4.98 Å². The third kappa shape index (κ3) is 1.58. The van der Waals surface area contributed by atoms with Crippen molar-refractivity contribution in [2.24, 2.45) is 0 Å². The predicted octanol–water partition coefficient (Wildman–Crippen LogP) is 2.56. The summed E-state index contributed by atoms with van der Waals surface area (Å²) in [6, 6.07) is 0. The fourth-order valence-corrected chi connectivity index (χ4v) is 1.38. The molecule has 12 heavy (non-hydrogen) atoms. The molecule has 2 nitrogen and oxygen atoms in total. The van der Waals surface area contributed by atoms with Gasteiger partial charge < -0.3 is 5.32 Å². The fraction of sp³-hybridized carbons (Fsp3) is 0.500. The summed E-state index contributed by atoms with van der Waals surface area (Å²) < 4.78 is 0. The predicted molar refractivity (Wildman–Crippen MR) is 52.6 cm³/mol. The molecule has 0 radical (unpaired) electrons. The van der Waals surface area contributed by atoms with Crippen LogP contribution < -0.4 is 5.32 Å². The van der Waals surface area contributed by atoms with E-state index in [1.165, 1.54) is 11.1 Å². The zero-order valence-corrected chi connectivity index (χ0v) is 8.18. The van der Waals surface area contributed by atoms with Gasteiger partial charge in [-0.25, -0.2) is 0 Å². The van der Waals surface area contributed by atoms with Crippen LogP contribution in [0.4, 0.5) is 5.69 Å². The lowest BCUT2D eigenvalue weighted by molar-refractivity contribution is 0.848. The second kappa shape index (κ2) is 3.57. The minimum Gasteiger partial charge on any atom is -0.387 e. The molecule has 0 aliphatic rings. The topological polar surface area (TPSA) is 24.9 Å². The van der Waals surface area contributed by atoms with Crippen molar-refractivity contribution >= 4 is 5.69 Å². The van der Waals surface area contributed by atoms with Crippen molar-refractivity contribution in [3.05, 3.63) is 23.5 Å². The van der Waals surface area contributed by atoms with Crippen LogP contribution >= 0.6 is 0 Å². The average Bonchev–Trinajstić information content (AvgIpc) is 2.04. The van der Waals surface area contributed by atoms with Gasteiger partial charge in [0.05, 0.1) is 11.9 Å². The van der Waals surface area contributed by atoms with Gasteiger partial charge in [0, 0.05) is 13.2 Å². The molecule has 1 heterocycles. The van der Waals surface area contributed by atoms with Gasteiger partial charge in [-0.1, -0.05) is 13.8 Å². The monoisotopic (exact) mass is 164 g/mol. The molecule has 0 atom stereocenters. The van der Waals surface area contributed by atoms with Gasteiger partial charge in [0.2, 0.25) is 0 Å². The van der Waals surface area contributed by atoms with E-state index in [4.69, 9.17) is 0 Å². The van der Waals surface area contributed by atoms with Crippen molar-refractivity contribution in [2.45, 2.75) is 26.7 Å². The summed E-state index contributed by atoms with van der Waals surface area (Å²) in [5, 5.41) is 3.13. The lowest BCUT2D eigenvalue weighted by Gasteiger charge is -2.12. The highest BCUT2D eigenvalue weighted by Gasteiger charge is 2.05. The Hall–Kier alpha value is -1.05. The van der Waals surface area contributed by atoms with Crippen LogP contribution in [0.2, 0.25) is 0 Å². The molecule has 0 spiro atoms. The molecule has 0 saturated heterocycles. The van der Waals surface area contributed by atoms with Crippen LogP contribution in [0.25, 0.3) is 0 Å². The molecule has 66 valence electrons. The maximum absolute atomic E-state index is 4.18. The smallest absolute Gasteiger partial charge is 0.0556 e. The Bertz CT molecular complexity index is 267. The molecule has 2 heteroatoms. The second-order valence-electron chi connectivity index (χ2n) is 3.31. The Kier molecular flexibility index (Phi) is 2.69. The molecule has 0 aliphatic carbocycles. The molecular weight excluding hydrogens is 148 g/mol. The quantitative estimate of drug-likeness (QED) is 0.726. The molecule has 0 saturated carbocycles. The number of aromatic nitrogens is 1. The van der Waals surface area contributed by atoms with Gasteiger partial charge in [-0.15, -0.1) is 0 Å². The van der Waals surface area contributed by atoms with Crippen molar-refractivity contribution in [1.29, 1.82) is 0 Å². The van der Waals surface area contributed by atoms with E-state index in [1.807, 2.05) is 19.4 Å². The largest absolute Gasteiger partial charge is 0.387 e. The first kappa shape index (κ1) is 9.04. The minimum absolute atomic E-state index is 0.547. The second-order valence-corrected chi connectivity index (χ2v) is 3.31. The number of rotatable bonds is 2. The Morgan fingerprint density at radius 1 is 1.33 bits per heavy atom. The van der Waals surface area contributed by atoms with Gasteiger partial charge in [-0.3, -0.25) is 4.98 Å². The van der Waals surface area contributed by atoms with Crippen LogP contribution in [0, 0.1) is 6.92 Å². The third-order valence-electron chi connectivity index (χ3n) is 2.15. The summed E-state index contributed by atoms with van der Waals surface area (Å²) in [6.07, 6.45) is 3.81. The zero-order valence-electron chi connectivity index (χ0n) is 8.18. The molecule has 1 N–H and O–H groups in total. The molecular formula is C10H16N2. The van der Waals surface area contributed by atoms with Crippen LogP contribution in [0.15, 0.2) is 12.4 Å². The Morgan fingerprint density at radius 3 is 2.50 bits per heavy atom. The van der Waals surface area contributed by atoms with E-state index in [0.717, 1.165) is 5.69 Å². The van der Waals surface area contributed by atoms with Crippen molar-refractivity contribution in [2.75, 3.05) is 12.4 Å². The van der Waals surface area contributed by atoms with Gasteiger partial charge in [0.1, 0.15) is 0 Å². The first-order valence-corrected chi connectivity index (χ1v) is 4.29. The summed E-state index contributed by atoms with van der Waals surface area (Å²) in [7, 11) is 1.92. The van der Waals surface area contributed by atoms with Crippen molar-refractivity contribution in [3.8, 4) is 0 Å². The molecule has 1 aromatic rings. The standard InChI is InChI=1S/C10H16N2/c1-7(2)9-5-12-6-10(11-4)8(9)3/h5-7,11H,1-4H3. The SMILES string of the molecule is CNc1cncc(C(C)C)c1C. The highest BCUT2D eigenvalue weighted by molar-refractivity contribution is 5.51. The zero-order chi connectivity index (χ0) is 9.14. The summed E-state index contributed by atoms with van der Waals surface area (Å²) in [5.41, 5.74) is 3.76. The molecule has 1 rings (SSSR count). The van der Waals surface area contributed by atoms with Gasteiger partial charge >= 0.3 is 0 Å². The summed E-state index contributed by atoms with van der Waals surface area (Å²) >= 11 is 0. The van der Waals surface area contributed by atoms with Crippen molar-refractivity contribution < 1.29 is 0 Å². The Labute approximate surface area is 74.0 Å². The molecule has 0 bridgehead atoms. The van der Waals surface area contributed by atoms with E-state index >= 15 is 0 Å². The highest BCUT2D eigenvalue weighted by atomic mass is 14.8. The normalized spacial score (nSPS) is 10.4. The Morgan fingerprint density at radius 2 is 2.00 bits per heavy atom. The molecule has 0 unspecified atom stereocenters. The van der Waals surface area contributed by atoms with Crippen LogP contribution in [0.3, 0.4) is 0 Å². The minimum atomic E-state index is 0.547. The summed E-state index contributed by atoms with van der Waals surface area (Å²) in [4.78, 5) is 4.18. The number of anilines is 1. The molecule has 1 aromatic heterocycles. The summed E-state index contributed by atoms with van der Waals surface area (Å²) in [6.45, 7) is 6.50. The summed E-state index contributed by atoms with van der Waals surface area (Å²) in [5.74, 6) is 0.547. The molecule has 0 aromatic carbocycles. The highest BCUT2D eigenvalue weighted by Crippen LogP contribution is 2.23. The van der Waals surface area contributed by atoms with Crippen LogP contribution in [0.1, 0.15) is 30.9 Å². The lowest BCUT2D eigenvalue weighted by atomic mass is 10.00. The van der Waals surface area contributed by atoms with Crippen LogP contribution in [-0.2, 0) is 0 Å². The maximum Gasteiger partial charge on any atom is 0.0556 e. The third-order valence-corrected chi connectivity index (χ3v) is 2.15. The molecule has 0 fully saturated rings. The van der Waals surface area contributed by atoms with Gasteiger partial charge in [-0.2, -0.15) is 0 Å². The maximum atomic E-state index is 4.18. The first-order valence-electron chi connectivity index (χ1n) is 4.29.